The fourth-order valence-corrected chi connectivity index (χ4v) is 2.58. The Bertz CT molecular complexity index is 992. The fraction of sp³-hybridized carbons (Fsp3) is 0.0588. The summed E-state index contributed by atoms with van der Waals surface area (Å²) >= 11 is 1.10. The number of ether oxygens (including phenoxy) is 2. The highest BCUT2D eigenvalue weighted by molar-refractivity contribution is 7.12. The van der Waals surface area contributed by atoms with E-state index in [1.165, 1.54) is 19.2 Å². The molecule has 0 atom stereocenters. The Morgan fingerprint density at radius 1 is 1.15 bits per heavy atom. The van der Waals surface area contributed by atoms with Gasteiger partial charge in [-0.1, -0.05) is 0 Å². The van der Waals surface area contributed by atoms with E-state index >= 15 is 0 Å². The van der Waals surface area contributed by atoms with Gasteiger partial charge in [-0.05, 0) is 23.6 Å². The van der Waals surface area contributed by atoms with E-state index in [0.717, 1.165) is 23.5 Å². The zero-order chi connectivity index (χ0) is 19.1. The van der Waals surface area contributed by atoms with Crippen LogP contribution in [0.4, 0.5) is 10.1 Å². The van der Waals surface area contributed by atoms with Gasteiger partial charge in [-0.15, -0.1) is 11.3 Å². The van der Waals surface area contributed by atoms with Crippen molar-refractivity contribution in [2.24, 2.45) is 0 Å². The lowest BCUT2D eigenvalue weighted by atomic mass is 10.2. The van der Waals surface area contributed by atoms with Crippen molar-refractivity contribution in [3.8, 4) is 29.7 Å². The van der Waals surface area contributed by atoms with Crippen LogP contribution in [0.15, 0.2) is 40.9 Å². The Balaban J connectivity index is 2.44. The number of anilines is 1. The number of benzene rings is 1. The second kappa shape index (κ2) is 8.29. The molecule has 128 valence electrons. The van der Waals surface area contributed by atoms with Crippen molar-refractivity contribution in [3.63, 3.8) is 0 Å². The lowest BCUT2D eigenvalue weighted by Gasteiger charge is -2.12. The maximum atomic E-state index is 13.6. The molecule has 0 aliphatic heterocycles. The minimum Gasteiger partial charge on any atom is -0.465 e. The quantitative estimate of drug-likeness (QED) is 0.631. The van der Waals surface area contributed by atoms with Gasteiger partial charge in [0.2, 0.25) is 0 Å². The van der Waals surface area contributed by atoms with Gasteiger partial charge in [0.15, 0.2) is 21.9 Å². The van der Waals surface area contributed by atoms with Crippen LogP contribution in [0.1, 0.15) is 9.67 Å². The Labute approximate surface area is 151 Å². The number of methoxy groups -OCH3 is 1. The molecule has 0 radical (unpaired) electrons. The highest BCUT2D eigenvalue weighted by Crippen LogP contribution is 2.35. The monoisotopic (exact) mass is 368 g/mol. The van der Waals surface area contributed by atoms with Gasteiger partial charge in [0.05, 0.1) is 12.8 Å². The molecule has 1 heterocycles. The van der Waals surface area contributed by atoms with E-state index in [4.69, 9.17) is 20.5 Å². The highest BCUT2D eigenvalue weighted by atomic mass is 32.1. The van der Waals surface area contributed by atoms with E-state index in [-0.39, 0.29) is 27.8 Å². The van der Waals surface area contributed by atoms with Crippen LogP contribution >= 0.6 is 11.3 Å². The minimum absolute atomic E-state index is 0.00608. The SMILES string of the molecule is COC(=O)c1sccc1Oc1ccc(F)cc1NC(C#N)=C(C#N)C#N. The summed E-state index contributed by atoms with van der Waals surface area (Å²) < 4.78 is 23.9. The molecule has 1 N–H and O–H groups in total. The number of thiophene rings is 1. The molecule has 0 aliphatic rings. The maximum Gasteiger partial charge on any atom is 0.351 e. The van der Waals surface area contributed by atoms with Gasteiger partial charge in [-0.25, -0.2) is 9.18 Å². The largest absolute Gasteiger partial charge is 0.465 e. The summed E-state index contributed by atoms with van der Waals surface area (Å²) in [5, 5.41) is 31.0. The van der Waals surface area contributed by atoms with E-state index in [1.54, 1.807) is 23.6 Å². The Kier molecular flexibility index (Phi) is 5.89. The standard InChI is InChI=1S/C17H9FN4O3S/c1-24-17(23)16-15(4-5-26-16)25-14-3-2-11(18)6-12(14)22-13(9-21)10(7-19)8-20/h2-6,22H,1H3. The third-order valence-corrected chi connectivity index (χ3v) is 3.88. The Morgan fingerprint density at radius 3 is 2.50 bits per heavy atom. The second-order valence-electron chi connectivity index (χ2n) is 4.56. The zero-order valence-electron chi connectivity index (χ0n) is 13.2. The van der Waals surface area contributed by atoms with E-state index in [9.17, 15) is 9.18 Å². The predicted molar refractivity (Wildman–Crippen MR) is 89.6 cm³/mol. The van der Waals surface area contributed by atoms with Crippen LogP contribution in [-0.2, 0) is 4.74 Å². The summed E-state index contributed by atoms with van der Waals surface area (Å²) in [7, 11) is 1.23. The summed E-state index contributed by atoms with van der Waals surface area (Å²) in [5.41, 5.74) is -0.816. The van der Waals surface area contributed by atoms with Gasteiger partial charge in [0.25, 0.3) is 0 Å². The van der Waals surface area contributed by atoms with Crippen molar-refractivity contribution in [1.82, 2.24) is 0 Å². The van der Waals surface area contributed by atoms with E-state index in [1.807, 2.05) is 0 Å². The Hall–Kier alpha value is -3.87. The predicted octanol–water partition coefficient (Wildman–Crippen LogP) is 3.70. The maximum absolute atomic E-state index is 13.6. The number of nitrogens with one attached hydrogen (secondary N) is 1. The topological polar surface area (TPSA) is 119 Å². The molecule has 0 fully saturated rings. The van der Waals surface area contributed by atoms with Crippen molar-refractivity contribution < 1.29 is 18.7 Å². The molecule has 2 aromatic rings. The highest BCUT2D eigenvalue weighted by Gasteiger charge is 2.18. The van der Waals surface area contributed by atoms with Gasteiger partial charge >= 0.3 is 5.97 Å². The molecule has 0 amide bonds. The average Bonchev–Trinajstić information content (AvgIpc) is 3.11. The van der Waals surface area contributed by atoms with E-state index in [0.29, 0.717) is 0 Å². The van der Waals surface area contributed by atoms with Gasteiger partial charge < -0.3 is 14.8 Å². The molecule has 1 aromatic heterocycles. The molecule has 0 spiro atoms. The third-order valence-electron chi connectivity index (χ3n) is 3.01. The first-order valence-corrected chi connectivity index (χ1v) is 7.76. The number of allylic oxidation sites excluding steroid dienone is 2. The number of carbonyl (C=O) groups excluding carboxylic acids is 1. The normalized spacial score (nSPS) is 9.19. The first-order valence-electron chi connectivity index (χ1n) is 6.88. The number of carbonyl (C=O) groups is 1. The smallest absolute Gasteiger partial charge is 0.351 e. The van der Waals surface area contributed by atoms with Crippen LogP contribution < -0.4 is 10.1 Å². The molecule has 1 aromatic carbocycles. The van der Waals surface area contributed by atoms with Gasteiger partial charge in [-0.2, -0.15) is 15.8 Å². The number of nitrogens with zero attached hydrogens (tertiary/aromatic N) is 3. The molecule has 9 heteroatoms. The first kappa shape index (κ1) is 18.5. The molecule has 7 nitrogen and oxygen atoms in total. The summed E-state index contributed by atoms with van der Waals surface area (Å²) in [6.45, 7) is 0. The molecular formula is C17H9FN4O3S. The van der Waals surface area contributed by atoms with E-state index in [2.05, 4.69) is 10.1 Å². The molecule has 26 heavy (non-hydrogen) atoms. The summed E-state index contributed by atoms with van der Waals surface area (Å²) in [6.07, 6.45) is 0. The van der Waals surface area contributed by atoms with Gasteiger partial charge in [-0.3, -0.25) is 0 Å². The third kappa shape index (κ3) is 3.96. The summed E-state index contributed by atoms with van der Waals surface area (Å²) in [4.78, 5) is 11.9. The Morgan fingerprint density at radius 2 is 1.88 bits per heavy atom. The van der Waals surface area contributed by atoms with Crippen LogP contribution in [-0.4, -0.2) is 13.1 Å². The molecular weight excluding hydrogens is 359 g/mol. The second-order valence-corrected chi connectivity index (χ2v) is 5.47. The lowest BCUT2D eigenvalue weighted by molar-refractivity contribution is 0.0604. The number of esters is 1. The van der Waals surface area contributed by atoms with Crippen molar-refractivity contribution in [2.45, 2.75) is 0 Å². The average molecular weight is 368 g/mol. The lowest BCUT2D eigenvalue weighted by Crippen LogP contribution is -2.04. The van der Waals surface area contributed by atoms with Crippen molar-refractivity contribution >= 4 is 23.0 Å². The van der Waals surface area contributed by atoms with Crippen molar-refractivity contribution in [3.05, 3.63) is 51.6 Å². The van der Waals surface area contributed by atoms with Gasteiger partial charge in [0.1, 0.15) is 29.7 Å². The zero-order valence-corrected chi connectivity index (χ0v) is 14.1. The van der Waals surface area contributed by atoms with Crippen LogP contribution in [0.25, 0.3) is 0 Å². The molecule has 0 unspecified atom stereocenters. The number of halogens is 1. The summed E-state index contributed by atoms with van der Waals surface area (Å²) in [6, 6.07) is 9.78. The van der Waals surface area contributed by atoms with Gasteiger partial charge in [0, 0.05) is 6.07 Å². The number of hydrogen-bond acceptors (Lipinski definition) is 8. The summed E-state index contributed by atoms with van der Waals surface area (Å²) in [5.74, 6) is -0.968. The van der Waals surface area contributed by atoms with Crippen molar-refractivity contribution in [1.29, 1.82) is 15.8 Å². The molecule has 0 aliphatic carbocycles. The molecule has 0 saturated heterocycles. The number of rotatable bonds is 5. The molecule has 0 bridgehead atoms. The van der Waals surface area contributed by atoms with Crippen LogP contribution in [0.3, 0.4) is 0 Å². The van der Waals surface area contributed by atoms with Crippen molar-refractivity contribution in [2.75, 3.05) is 12.4 Å². The molecule has 0 saturated carbocycles. The number of hydrogen-bond donors (Lipinski definition) is 1. The first-order chi connectivity index (χ1) is 12.5. The van der Waals surface area contributed by atoms with Crippen LogP contribution in [0.5, 0.6) is 11.5 Å². The number of nitriles is 3. The van der Waals surface area contributed by atoms with Crippen LogP contribution in [0, 0.1) is 39.8 Å². The van der Waals surface area contributed by atoms with E-state index < -0.39 is 17.4 Å². The molecule has 2 rings (SSSR count). The fourth-order valence-electron chi connectivity index (χ4n) is 1.84. The minimum atomic E-state index is -0.633. The van der Waals surface area contributed by atoms with Crippen LogP contribution in [0.2, 0.25) is 0 Å².